The Bertz CT molecular complexity index is 1300. The zero-order valence-electron chi connectivity index (χ0n) is 22.2. The number of carbonyl (C=O) groups is 1. The first-order valence-electron chi connectivity index (χ1n) is 13.6. The second-order valence-electron chi connectivity index (χ2n) is 9.90. The molecule has 0 atom stereocenters. The number of nitrogens with one attached hydrogen (secondary N) is 1. The molecule has 5 heterocycles. The summed E-state index contributed by atoms with van der Waals surface area (Å²) in [5.74, 6) is 1.38. The Morgan fingerprint density at radius 2 is 1.67 bits per heavy atom. The molecule has 12 nitrogen and oxygen atoms in total. The fraction of sp³-hybridized carbons (Fsp3) is 0.444. The van der Waals surface area contributed by atoms with E-state index in [1.165, 1.54) is 5.69 Å². The number of hydrogen-bond donors (Lipinski definition) is 2. The lowest BCUT2D eigenvalue weighted by Gasteiger charge is -2.35. The van der Waals surface area contributed by atoms with Gasteiger partial charge >= 0.3 is 6.03 Å². The van der Waals surface area contributed by atoms with Crippen molar-refractivity contribution in [3.8, 4) is 11.3 Å². The number of ether oxygens (including phenoxy) is 1. The van der Waals surface area contributed by atoms with Crippen molar-refractivity contribution in [2.75, 3.05) is 91.3 Å². The molecule has 12 heteroatoms. The Labute approximate surface area is 227 Å². The number of rotatable bonds is 5. The first-order valence-corrected chi connectivity index (χ1v) is 13.6. The number of urea groups is 1. The van der Waals surface area contributed by atoms with Crippen LogP contribution in [0.25, 0.3) is 11.3 Å². The Kier molecular flexibility index (Phi) is 7.12. The summed E-state index contributed by atoms with van der Waals surface area (Å²) in [5.41, 5.74) is 10.0. The van der Waals surface area contributed by atoms with E-state index in [9.17, 15) is 4.79 Å². The standard InChI is InChI=1S/C27H34N10O2/c1-2-34-9-11-35(12-10-34)21-5-3-20(4-6-21)31-27(38)37-8-7-22-23(19-17-29-25(28)30-18-19)32-26(33-24(22)37)36-13-15-39-16-14-36/h3-6,17-18H,2,7-16H2,1H3,(H,31,38)(H2,28,29,30). The minimum Gasteiger partial charge on any atom is -0.378 e. The molecular weight excluding hydrogens is 496 g/mol. The number of nitrogens with zero attached hydrogens (tertiary/aromatic N) is 8. The molecule has 2 amide bonds. The van der Waals surface area contributed by atoms with Gasteiger partial charge in [-0.1, -0.05) is 6.92 Å². The van der Waals surface area contributed by atoms with E-state index in [0.717, 1.165) is 55.2 Å². The van der Waals surface area contributed by atoms with Gasteiger partial charge in [0.1, 0.15) is 5.82 Å². The minimum absolute atomic E-state index is 0.202. The van der Waals surface area contributed by atoms with Gasteiger partial charge in [0.2, 0.25) is 11.9 Å². The Balaban J connectivity index is 1.23. The van der Waals surface area contributed by atoms with Crippen LogP contribution in [0.5, 0.6) is 0 Å². The van der Waals surface area contributed by atoms with Gasteiger partial charge in [0.15, 0.2) is 0 Å². The van der Waals surface area contributed by atoms with Crippen molar-refractivity contribution in [3.05, 3.63) is 42.2 Å². The first-order chi connectivity index (χ1) is 19.1. The number of fused-ring (bicyclic) bond motifs is 1. The number of likely N-dealkylation sites (N-methyl/N-ethyl adjacent to an activating group) is 1. The van der Waals surface area contributed by atoms with E-state index < -0.39 is 0 Å². The van der Waals surface area contributed by atoms with E-state index in [1.54, 1.807) is 17.3 Å². The van der Waals surface area contributed by atoms with Gasteiger partial charge in [-0.05, 0) is 37.2 Å². The average Bonchev–Trinajstić information content (AvgIpc) is 3.42. The van der Waals surface area contributed by atoms with Gasteiger partial charge in [0.25, 0.3) is 0 Å². The largest absolute Gasteiger partial charge is 0.378 e. The summed E-state index contributed by atoms with van der Waals surface area (Å²) in [5, 5.41) is 3.06. The van der Waals surface area contributed by atoms with Crippen LogP contribution in [0.15, 0.2) is 36.7 Å². The van der Waals surface area contributed by atoms with Crippen molar-refractivity contribution < 1.29 is 9.53 Å². The maximum absolute atomic E-state index is 13.5. The van der Waals surface area contributed by atoms with Crippen LogP contribution in [-0.2, 0) is 11.2 Å². The number of nitrogens with two attached hydrogens (primary N) is 1. The molecule has 3 N–H and O–H groups in total. The molecule has 6 rings (SSSR count). The Morgan fingerprint density at radius 1 is 0.949 bits per heavy atom. The summed E-state index contributed by atoms with van der Waals surface area (Å²) >= 11 is 0. The van der Waals surface area contributed by atoms with Crippen LogP contribution in [0.2, 0.25) is 0 Å². The molecule has 2 saturated heterocycles. The predicted octanol–water partition coefficient (Wildman–Crippen LogP) is 2.09. The number of anilines is 5. The van der Waals surface area contributed by atoms with E-state index in [1.807, 2.05) is 12.1 Å². The van der Waals surface area contributed by atoms with E-state index in [4.69, 9.17) is 20.4 Å². The fourth-order valence-corrected chi connectivity index (χ4v) is 5.31. The number of hydrogen-bond acceptors (Lipinski definition) is 10. The van der Waals surface area contributed by atoms with Gasteiger partial charge in [0.05, 0.1) is 18.9 Å². The van der Waals surface area contributed by atoms with Crippen molar-refractivity contribution in [1.29, 1.82) is 0 Å². The molecule has 204 valence electrons. The summed E-state index contributed by atoms with van der Waals surface area (Å²) in [4.78, 5) is 40.2. The van der Waals surface area contributed by atoms with Crippen molar-refractivity contribution in [3.63, 3.8) is 0 Å². The quantitative estimate of drug-likeness (QED) is 0.506. The van der Waals surface area contributed by atoms with Crippen molar-refractivity contribution in [1.82, 2.24) is 24.8 Å². The third-order valence-corrected chi connectivity index (χ3v) is 7.60. The lowest BCUT2D eigenvalue weighted by molar-refractivity contribution is 0.122. The molecule has 39 heavy (non-hydrogen) atoms. The van der Waals surface area contributed by atoms with Crippen LogP contribution in [0.1, 0.15) is 12.5 Å². The summed E-state index contributed by atoms with van der Waals surface area (Å²) in [6.45, 7) is 10.5. The smallest absolute Gasteiger partial charge is 0.327 e. The van der Waals surface area contributed by atoms with Crippen molar-refractivity contribution >= 4 is 35.1 Å². The molecule has 0 unspecified atom stereocenters. The molecule has 3 aromatic rings. The van der Waals surface area contributed by atoms with Gasteiger partial charge in [-0.15, -0.1) is 0 Å². The van der Waals surface area contributed by atoms with E-state index in [0.29, 0.717) is 51.0 Å². The third kappa shape index (κ3) is 5.30. The van der Waals surface area contributed by atoms with Gasteiger partial charge in [0, 0.05) is 80.7 Å². The Hall–Kier alpha value is -4.03. The van der Waals surface area contributed by atoms with Crippen LogP contribution in [0, 0.1) is 0 Å². The number of aromatic nitrogens is 4. The molecule has 2 fully saturated rings. The Morgan fingerprint density at radius 3 is 2.36 bits per heavy atom. The van der Waals surface area contributed by atoms with Gasteiger partial charge < -0.3 is 30.5 Å². The number of nitrogen functional groups attached to an aromatic ring is 1. The van der Waals surface area contributed by atoms with Gasteiger partial charge in [-0.25, -0.2) is 19.7 Å². The summed E-state index contributed by atoms with van der Waals surface area (Å²) in [6.07, 6.45) is 3.97. The number of benzene rings is 1. The van der Waals surface area contributed by atoms with Gasteiger partial charge in [-0.2, -0.15) is 4.98 Å². The molecule has 0 spiro atoms. The van der Waals surface area contributed by atoms with Crippen LogP contribution < -0.4 is 25.8 Å². The van der Waals surface area contributed by atoms with E-state index >= 15 is 0 Å². The second-order valence-corrected chi connectivity index (χ2v) is 9.90. The first kappa shape index (κ1) is 25.3. The molecule has 0 saturated carbocycles. The number of carbonyl (C=O) groups excluding carboxylic acids is 1. The highest BCUT2D eigenvalue weighted by atomic mass is 16.5. The topological polar surface area (TPSA) is 129 Å². The number of piperazine rings is 1. The van der Waals surface area contributed by atoms with E-state index in [-0.39, 0.29) is 12.0 Å². The van der Waals surface area contributed by atoms with Crippen molar-refractivity contribution in [2.24, 2.45) is 0 Å². The molecule has 3 aliphatic rings. The molecule has 2 aromatic heterocycles. The lowest BCUT2D eigenvalue weighted by Crippen LogP contribution is -2.46. The van der Waals surface area contributed by atoms with E-state index in [2.05, 4.69) is 49.0 Å². The zero-order chi connectivity index (χ0) is 26.8. The molecule has 1 aromatic carbocycles. The van der Waals surface area contributed by atoms with Crippen molar-refractivity contribution in [2.45, 2.75) is 13.3 Å². The third-order valence-electron chi connectivity index (χ3n) is 7.60. The lowest BCUT2D eigenvalue weighted by atomic mass is 10.1. The van der Waals surface area contributed by atoms with Gasteiger partial charge in [-0.3, -0.25) is 4.90 Å². The monoisotopic (exact) mass is 530 g/mol. The number of morpholine rings is 1. The molecule has 0 radical (unpaired) electrons. The maximum Gasteiger partial charge on any atom is 0.327 e. The summed E-state index contributed by atoms with van der Waals surface area (Å²) in [6, 6.07) is 7.86. The van der Waals surface area contributed by atoms with Crippen LogP contribution in [-0.4, -0.2) is 96.4 Å². The van der Waals surface area contributed by atoms with Crippen LogP contribution in [0.3, 0.4) is 0 Å². The summed E-state index contributed by atoms with van der Waals surface area (Å²) < 4.78 is 5.51. The minimum atomic E-state index is -0.218. The zero-order valence-corrected chi connectivity index (χ0v) is 22.2. The fourth-order valence-electron chi connectivity index (χ4n) is 5.31. The molecule has 3 aliphatic heterocycles. The van der Waals surface area contributed by atoms with Crippen LogP contribution >= 0.6 is 0 Å². The summed E-state index contributed by atoms with van der Waals surface area (Å²) in [7, 11) is 0. The maximum atomic E-state index is 13.5. The highest BCUT2D eigenvalue weighted by Crippen LogP contribution is 2.36. The highest BCUT2D eigenvalue weighted by Gasteiger charge is 2.32. The average molecular weight is 531 g/mol. The molecule has 0 aliphatic carbocycles. The number of amides is 2. The molecular formula is C27H34N10O2. The SMILES string of the molecule is CCN1CCN(c2ccc(NC(=O)N3CCc4c(-c5cnc(N)nc5)nc(N5CCOCC5)nc43)cc2)CC1. The predicted molar refractivity (Wildman–Crippen MR) is 151 cm³/mol. The normalized spacial score (nSPS) is 17.8. The second kappa shape index (κ2) is 11.0. The highest BCUT2D eigenvalue weighted by molar-refractivity contribution is 6.03. The van der Waals surface area contributed by atoms with Crippen LogP contribution in [0.4, 0.5) is 33.9 Å². The molecule has 0 bridgehead atoms.